The van der Waals surface area contributed by atoms with Crippen LogP contribution in [-0.2, 0) is 45.9 Å². The molecule has 2 aromatic rings. The normalized spacial score (nSPS) is 17.8. The fraction of sp³-hybridized carbons (Fsp3) is 0.816. The number of rotatable bonds is 24. The lowest BCUT2D eigenvalue weighted by Crippen LogP contribution is -3.11. The second-order valence-corrected chi connectivity index (χ2v) is 18.7. The van der Waals surface area contributed by atoms with Gasteiger partial charge in [0.15, 0.2) is 11.5 Å². The first-order valence-electron chi connectivity index (χ1n) is 22.5. The quantitative estimate of drug-likeness (QED) is 0.0451. The van der Waals surface area contributed by atoms with Crippen LogP contribution in [0.5, 0.6) is 0 Å². The Labute approximate surface area is 385 Å². The molecule has 2 aromatic heterocycles. The molecule has 27 heteroatoms. The Hall–Kier alpha value is -2.50. The Balaban J connectivity index is 0. The maximum atomic E-state index is 12.1. The third kappa shape index (κ3) is 28.4. The highest BCUT2D eigenvalue weighted by Crippen LogP contribution is 2.60. The van der Waals surface area contributed by atoms with Crippen molar-refractivity contribution < 1.29 is 90.2 Å². The molecule has 0 radical (unpaired) electrons. The summed E-state index contributed by atoms with van der Waals surface area (Å²) < 4.78 is 56.8. The Morgan fingerprint density at radius 1 is 0.708 bits per heavy atom. The first-order valence-corrected chi connectivity index (χ1v) is 26.9. The Bertz CT molecular complexity index is 1660. The second-order valence-electron chi connectivity index (χ2n) is 14.4. The van der Waals surface area contributed by atoms with Crippen LogP contribution in [0.3, 0.4) is 0 Å². The number of carbonyl (C=O) groups excluding carboxylic acids is 1. The van der Waals surface area contributed by atoms with Crippen molar-refractivity contribution in [2.45, 2.75) is 121 Å². The molecule has 3 heterocycles. The number of esters is 1. The van der Waals surface area contributed by atoms with E-state index >= 15 is 0 Å². The lowest BCUT2D eigenvalue weighted by atomic mass is 10.2. The number of nitrogen functional groups attached to an aromatic ring is 1. The van der Waals surface area contributed by atoms with E-state index in [1.807, 2.05) is 0 Å². The van der Waals surface area contributed by atoms with Gasteiger partial charge in [-0.2, -0.15) is 0 Å². The Morgan fingerprint density at radius 3 is 1.51 bits per heavy atom. The molecule has 0 saturated carbocycles. The summed E-state index contributed by atoms with van der Waals surface area (Å²) in [6.45, 7) is 40.9. The lowest BCUT2D eigenvalue weighted by molar-refractivity contribution is -0.894. The van der Waals surface area contributed by atoms with Gasteiger partial charge in [0.1, 0.15) is 30.3 Å². The van der Waals surface area contributed by atoms with E-state index in [2.05, 4.69) is 111 Å². The predicted molar refractivity (Wildman–Crippen MR) is 236 cm³/mol. The van der Waals surface area contributed by atoms with Crippen LogP contribution in [0.1, 0.15) is 109 Å². The zero-order valence-corrected chi connectivity index (χ0v) is 43.3. The fourth-order valence-electron chi connectivity index (χ4n) is 6.11. The van der Waals surface area contributed by atoms with Crippen molar-refractivity contribution in [3.8, 4) is 0 Å². The maximum absolute atomic E-state index is 12.1. The summed E-state index contributed by atoms with van der Waals surface area (Å²) >= 11 is 0. The molecule has 1 fully saturated rings. The van der Waals surface area contributed by atoms with E-state index in [9.17, 15) is 42.9 Å². The number of nitrogens with one attached hydrogen (secondary N) is 4. The third-order valence-corrected chi connectivity index (χ3v) is 14.2. The molecule has 1 saturated heterocycles. The van der Waals surface area contributed by atoms with E-state index in [4.69, 9.17) is 20.3 Å². The number of ether oxygens (including phenoxy) is 2. The van der Waals surface area contributed by atoms with Crippen molar-refractivity contribution in [2.75, 3.05) is 90.9 Å². The zero-order chi connectivity index (χ0) is 50.4. The number of carboxylic acid groups (broad SMARTS) is 1. The Morgan fingerprint density at radius 2 is 1.14 bits per heavy atom. The molecule has 24 nitrogen and oxygen atoms in total. The van der Waals surface area contributed by atoms with E-state index < -0.39 is 73.3 Å². The van der Waals surface area contributed by atoms with Crippen LogP contribution >= 0.6 is 23.5 Å². The zero-order valence-electron chi connectivity index (χ0n) is 40.6. The molecule has 382 valence electrons. The summed E-state index contributed by atoms with van der Waals surface area (Å²) in [7, 11) is -18.2. The van der Waals surface area contributed by atoms with Gasteiger partial charge in [-0.1, -0.05) is 0 Å². The molecular weight excluding hydrogens is 915 g/mol. The average Bonchev–Trinajstić information content (AvgIpc) is 3.86. The minimum atomic E-state index is -6.20. The molecule has 0 spiro atoms. The van der Waals surface area contributed by atoms with Gasteiger partial charge in [0.05, 0.1) is 112 Å². The van der Waals surface area contributed by atoms with Crippen LogP contribution in [0.25, 0.3) is 11.2 Å². The van der Waals surface area contributed by atoms with Crippen molar-refractivity contribution in [1.29, 1.82) is 0 Å². The van der Waals surface area contributed by atoms with Crippen molar-refractivity contribution in [3.63, 3.8) is 0 Å². The highest BCUT2D eigenvalue weighted by Gasteiger charge is 2.41. The van der Waals surface area contributed by atoms with Gasteiger partial charge >= 0.3 is 11.9 Å². The molecule has 0 aliphatic carbocycles. The number of hydrogen-bond donors (Lipinski definition) is 6. The number of carboxylic acids is 1. The number of imidazole rings is 1. The van der Waals surface area contributed by atoms with Crippen LogP contribution in [0.2, 0.25) is 0 Å². The molecular formula is C38H80N9O15P3. The topological polar surface area (TPSA) is 331 Å². The molecule has 2 unspecified atom stereocenters. The van der Waals surface area contributed by atoms with Crippen LogP contribution < -0.4 is 44.9 Å². The smallest absolute Gasteiger partial charge is 0.306 e. The summed E-state index contributed by atoms with van der Waals surface area (Å²) in [5.74, 6) is -2.23. The van der Waals surface area contributed by atoms with Crippen molar-refractivity contribution in [2.24, 2.45) is 0 Å². The lowest BCUT2D eigenvalue weighted by Gasteiger charge is -2.37. The number of anilines is 1. The number of carbonyl (C=O) groups is 2. The van der Waals surface area contributed by atoms with Gasteiger partial charge in [-0.3, -0.25) is 27.6 Å². The van der Waals surface area contributed by atoms with Gasteiger partial charge in [-0.25, -0.2) is 19.3 Å². The van der Waals surface area contributed by atoms with E-state index in [-0.39, 0.29) is 23.4 Å². The highest BCUT2D eigenvalue weighted by molar-refractivity contribution is 7.64. The van der Waals surface area contributed by atoms with Gasteiger partial charge in [0, 0.05) is 6.42 Å². The summed E-state index contributed by atoms with van der Waals surface area (Å²) in [4.78, 5) is 85.4. The minimum absolute atomic E-state index is 0.0349. The number of hydrogen-bond acceptors (Lipinski definition) is 18. The SMILES string of the molecule is CC[NH+](CC)CC.CC[NH+](CC)CC.CC[NH+](CC)CC.CC[NH+](CC)CC.Nc1ncnc2c1ncn2[C@H]1C[C@H](OC(=O)CCC(=O)O)[C@@H](COP(=O)([O-])OP(=O)([O-])OP(=O)([O-])[O-])O1. The summed E-state index contributed by atoms with van der Waals surface area (Å²) in [5, 5.41) is 8.72. The number of phosphoric ester groups is 1. The van der Waals surface area contributed by atoms with Gasteiger partial charge < -0.3 is 68.6 Å². The molecule has 5 atom stereocenters. The van der Waals surface area contributed by atoms with E-state index in [1.54, 1.807) is 19.6 Å². The average molecular weight is 996 g/mol. The summed E-state index contributed by atoms with van der Waals surface area (Å²) in [6, 6.07) is 0. The van der Waals surface area contributed by atoms with E-state index in [0.717, 1.165) is 6.33 Å². The monoisotopic (exact) mass is 995 g/mol. The molecule has 1 aliphatic heterocycles. The molecule has 65 heavy (non-hydrogen) atoms. The molecule has 0 aromatic carbocycles. The Kier molecular flexibility index (Phi) is 34.5. The van der Waals surface area contributed by atoms with Crippen LogP contribution in [-0.4, -0.2) is 134 Å². The molecule has 0 amide bonds. The fourth-order valence-corrected chi connectivity index (χ4v) is 8.98. The van der Waals surface area contributed by atoms with Gasteiger partial charge in [-0.05, 0) is 83.1 Å². The number of aliphatic carboxylic acids is 1. The van der Waals surface area contributed by atoms with Gasteiger partial charge in [0.2, 0.25) is 0 Å². The number of quaternary nitrogens is 4. The van der Waals surface area contributed by atoms with Gasteiger partial charge in [0.25, 0.3) is 15.6 Å². The highest BCUT2D eigenvalue weighted by atomic mass is 31.3. The van der Waals surface area contributed by atoms with Crippen molar-refractivity contribution in [1.82, 2.24) is 19.5 Å². The molecule has 3 rings (SSSR count). The molecule has 1 aliphatic rings. The third-order valence-electron chi connectivity index (χ3n) is 10.5. The van der Waals surface area contributed by atoms with Crippen LogP contribution in [0.15, 0.2) is 12.7 Å². The standard InChI is InChI=1S/C14H20N5O15P3.4C6H15N/c15-13-12-14(17-5-16-13)19(6-18-12)9-3-7(32-11(22)2-1-10(20)21)8(31-9)4-30-36(26,27)34-37(28,29)33-35(23,24)25;4*1-4-7(5-2)6-3/h5-9H,1-4H2,(H,20,21)(H,26,27)(H,28,29)(H2,15,16,17)(H2,23,24,25);4*4-6H2,1-3H3/t7-,8+,9+;;;;/m0..../s1. The number of aromatic nitrogens is 4. The second kappa shape index (κ2) is 34.7. The van der Waals surface area contributed by atoms with E-state index in [1.165, 1.54) is 89.4 Å². The van der Waals surface area contributed by atoms with Crippen LogP contribution in [0, 0.1) is 0 Å². The minimum Gasteiger partial charge on any atom is -0.790 e. The molecule has 0 bridgehead atoms. The number of nitrogens with zero attached hydrogens (tertiary/aromatic N) is 4. The van der Waals surface area contributed by atoms with Gasteiger partial charge in [-0.15, -0.1) is 0 Å². The first-order chi connectivity index (χ1) is 30.4. The van der Waals surface area contributed by atoms with E-state index in [0.29, 0.717) is 0 Å². The van der Waals surface area contributed by atoms with Crippen molar-refractivity contribution >= 4 is 52.4 Å². The van der Waals surface area contributed by atoms with Crippen molar-refractivity contribution in [3.05, 3.63) is 12.7 Å². The molecule has 7 N–H and O–H groups in total. The predicted octanol–water partition coefficient (Wildman–Crippen LogP) is -2.99. The largest absolute Gasteiger partial charge is 0.790 e. The summed E-state index contributed by atoms with van der Waals surface area (Å²) in [6.07, 6.45) is -2.57. The first kappa shape index (κ1) is 64.6. The maximum Gasteiger partial charge on any atom is 0.306 e. The summed E-state index contributed by atoms with van der Waals surface area (Å²) in [5.41, 5.74) is 6.12. The van der Waals surface area contributed by atoms with Crippen LogP contribution in [0.4, 0.5) is 5.82 Å². The number of nitrogens with two attached hydrogens (primary N) is 1. The number of phosphoric acid groups is 3. The number of fused-ring (bicyclic) bond motifs is 1.